The van der Waals surface area contributed by atoms with Crippen LogP contribution in [-0.4, -0.2) is 86.8 Å². The van der Waals surface area contributed by atoms with Gasteiger partial charge in [-0.25, -0.2) is 23.0 Å². The maximum atomic E-state index is 13.3. The summed E-state index contributed by atoms with van der Waals surface area (Å²) >= 11 is 0. The minimum absolute atomic E-state index is 0.0317. The van der Waals surface area contributed by atoms with Crippen LogP contribution in [0.2, 0.25) is 0 Å². The SMILES string of the molecule is COc1ccc2c(C(=O)OC[C@@H](C)NC(=O)N(C)CCCC/C=C\[C@@H]3C[C@]3(NC=O)C(=O)NS(=O)(=O)C3CC3)cc(-c3ccccc3)nc2c1. The Hall–Kier alpha value is -4.98. The number of aromatic nitrogens is 1. The van der Waals surface area contributed by atoms with E-state index in [9.17, 15) is 27.6 Å². The number of rotatable bonds is 17. The van der Waals surface area contributed by atoms with Gasteiger partial charge >= 0.3 is 12.0 Å². The zero-order valence-corrected chi connectivity index (χ0v) is 29.2. The number of nitrogens with one attached hydrogen (secondary N) is 3. The number of urea groups is 1. The molecule has 1 heterocycles. The quantitative estimate of drug-likeness (QED) is 0.0814. The number of methoxy groups -OCH3 is 1. The molecule has 2 fully saturated rings. The third-order valence-corrected chi connectivity index (χ3v) is 10.7. The lowest BCUT2D eigenvalue weighted by Gasteiger charge is -2.21. The molecule has 266 valence electrons. The number of carbonyl (C=O) groups excluding carboxylic acids is 4. The Morgan fingerprint density at radius 3 is 2.56 bits per heavy atom. The van der Waals surface area contributed by atoms with E-state index in [1.165, 1.54) is 0 Å². The summed E-state index contributed by atoms with van der Waals surface area (Å²) in [7, 11) is -0.458. The normalized spacial score (nSPS) is 19.0. The second-order valence-electron chi connectivity index (χ2n) is 12.8. The first-order valence-electron chi connectivity index (χ1n) is 16.6. The number of pyridine rings is 1. The monoisotopic (exact) mass is 705 g/mol. The smallest absolute Gasteiger partial charge is 0.338 e. The third kappa shape index (κ3) is 8.78. The highest BCUT2D eigenvalue weighted by molar-refractivity contribution is 7.91. The molecule has 5 rings (SSSR count). The fourth-order valence-corrected chi connectivity index (χ4v) is 7.04. The summed E-state index contributed by atoms with van der Waals surface area (Å²) in [5.74, 6) is -0.910. The van der Waals surface area contributed by atoms with Crippen LogP contribution < -0.4 is 20.1 Å². The third-order valence-electron chi connectivity index (χ3n) is 8.90. The molecule has 0 saturated heterocycles. The molecule has 0 spiro atoms. The number of hydrogen-bond acceptors (Lipinski definition) is 9. The van der Waals surface area contributed by atoms with Crippen LogP contribution in [0.25, 0.3) is 22.2 Å². The number of unbranched alkanes of at least 4 members (excludes halogenated alkanes) is 2. The predicted octanol–water partition coefficient (Wildman–Crippen LogP) is 3.94. The zero-order valence-electron chi connectivity index (χ0n) is 28.4. The van der Waals surface area contributed by atoms with Gasteiger partial charge < -0.3 is 25.0 Å². The minimum atomic E-state index is -3.71. The molecule has 3 N–H and O–H groups in total. The first kappa shape index (κ1) is 36.3. The van der Waals surface area contributed by atoms with Gasteiger partial charge in [-0.1, -0.05) is 42.5 Å². The number of carbonyl (C=O) groups is 4. The first-order valence-corrected chi connectivity index (χ1v) is 18.2. The molecule has 1 aromatic heterocycles. The van der Waals surface area contributed by atoms with Gasteiger partial charge in [-0.15, -0.1) is 0 Å². The number of esters is 1. The van der Waals surface area contributed by atoms with Crippen LogP contribution in [0, 0.1) is 5.92 Å². The van der Waals surface area contributed by atoms with Crippen LogP contribution in [-0.2, 0) is 24.3 Å². The lowest BCUT2D eigenvalue weighted by molar-refractivity contribution is -0.125. The molecule has 0 unspecified atom stereocenters. The highest BCUT2D eigenvalue weighted by Crippen LogP contribution is 2.45. The molecular formula is C36H43N5O8S. The van der Waals surface area contributed by atoms with Crippen molar-refractivity contribution in [2.45, 2.75) is 62.3 Å². The number of hydrogen-bond donors (Lipinski definition) is 3. The van der Waals surface area contributed by atoms with Crippen LogP contribution in [0.4, 0.5) is 4.79 Å². The molecule has 4 amide bonds. The van der Waals surface area contributed by atoms with Gasteiger partial charge in [-0.05, 0) is 63.6 Å². The molecule has 3 aromatic rings. The second kappa shape index (κ2) is 15.7. The molecule has 3 atom stereocenters. The number of amides is 4. The van der Waals surface area contributed by atoms with Gasteiger partial charge in [0, 0.05) is 36.5 Å². The van der Waals surface area contributed by atoms with Gasteiger partial charge in [0.05, 0.1) is 35.2 Å². The Morgan fingerprint density at radius 1 is 1.10 bits per heavy atom. The average molecular weight is 706 g/mol. The van der Waals surface area contributed by atoms with Crippen molar-refractivity contribution in [2.75, 3.05) is 27.3 Å². The summed E-state index contributed by atoms with van der Waals surface area (Å²) in [6.07, 6.45) is 7.70. The maximum absolute atomic E-state index is 13.3. The van der Waals surface area contributed by atoms with E-state index in [0.29, 0.717) is 73.0 Å². The lowest BCUT2D eigenvalue weighted by atomic mass is 10.0. The van der Waals surface area contributed by atoms with E-state index in [0.717, 1.165) is 12.0 Å². The molecule has 0 radical (unpaired) electrons. The van der Waals surface area contributed by atoms with E-state index in [1.807, 2.05) is 42.5 Å². The van der Waals surface area contributed by atoms with E-state index in [4.69, 9.17) is 14.5 Å². The Kier molecular flexibility index (Phi) is 11.4. The zero-order chi connectivity index (χ0) is 35.9. The van der Waals surface area contributed by atoms with Crippen molar-refractivity contribution < 1.29 is 37.1 Å². The predicted molar refractivity (Wildman–Crippen MR) is 188 cm³/mol. The minimum Gasteiger partial charge on any atom is -0.497 e. The van der Waals surface area contributed by atoms with E-state index in [2.05, 4.69) is 15.4 Å². The van der Waals surface area contributed by atoms with E-state index < -0.39 is 38.7 Å². The number of nitrogens with zero attached hydrogens (tertiary/aromatic N) is 2. The Balaban J connectivity index is 1.05. The Labute approximate surface area is 291 Å². The van der Waals surface area contributed by atoms with Crippen molar-refractivity contribution >= 4 is 45.2 Å². The fourth-order valence-electron chi connectivity index (χ4n) is 5.68. The molecule has 2 aliphatic rings. The van der Waals surface area contributed by atoms with Crippen molar-refractivity contribution in [3.8, 4) is 17.0 Å². The standard InChI is InChI=1S/C36H43N5O8S/c1-24(22-49-33(43)30-20-31(25-11-7-6-8-12-25)39-32-19-27(48-3)14-17-29(30)32)38-35(45)41(2)18-10-5-4-9-13-26-21-36(26,37-23-42)34(44)40-50(46,47)28-15-16-28/h6-9,11-14,17,19-20,23-24,26,28H,4-5,10,15-16,18,21-22H2,1-3H3,(H,37,42)(H,38,45)(H,40,44)/b13-9-/t24-,26-,36-/m1/s1. The van der Waals surface area contributed by atoms with Crippen molar-refractivity contribution in [1.29, 1.82) is 0 Å². The van der Waals surface area contributed by atoms with E-state index >= 15 is 0 Å². The van der Waals surface area contributed by atoms with Crippen LogP contribution in [0.3, 0.4) is 0 Å². The van der Waals surface area contributed by atoms with Crippen molar-refractivity contribution in [2.24, 2.45) is 5.92 Å². The molecule has 13 nitrogen and oxygen atoms in total. The molecule has 0 aliphatic heterocycles. The topological polar surface area (TPSA) is 173 Å². The summed E-state index contributed by atoms with van der Waals surface area (Å²) in [6.45, 7) is 2.21. The number of allylic oxidation sites excluding steroid dienone is 1. The van der Waals surface area contributed by atoms with E-state index in [-0.39, 0.29) is 18.6 Å². The van der Waals surface area contributed by atoms with Crippen LogP contribution in [0.15, 0.2) is 66.7 Å². The molecule has 0 bridgehead atoms. The fraction of sp³-hybridized carbons (Fsp3) is 0.417. The molecule has 2 aromatic carbocycles. The molecule has 14 heteroatoms. The van der Waals surface area contributed by atoms with Gasteiger partial charge in [-0.2, -0.15) is 0 Å². The summed E-state index contributed by atoms with van der Waals surface area (Å²) in [5, 5.41) is 5.46. The van der Waals surface area contributed by atoms with Gasteiger partial charge in [-0.3, -0.25) is 14.3 Å². The number of sulfonamides is 1. The molecule has 2 aliphatic carbocycles. The number of fused-ring (bicyclic) bond motifs is 1. The molecule has 50 heavy (non-hydrogen) atoms. The van der Waals surface area contributed by atoms with Gasteiger partial charge in [0.1, 0.15) is 17.9 Å². The summed E-state index contributed by atoms with van der Waals surface area (Å²) < 4.78 is 37.5. The van der Waals surface area contributed by atoms with Crippen molar-refractivity contribution in [1.82, 2.24) is 25.2 Å². The number of benzene rings is 2. The first-order chi connectivity index (χ1) is 24.0. The second-order valence-corrected chi connectivity index (χ2v) is 14.8. The van der Waals surface area contributed by atoms with Crippen LogP contribution in [0.5, 0.6) is 5.75 Å². The van der Waals surface area contributed by atoms with Gasteiger partial charge in [0.25, 0.3) is 5.91 Å². The molecular weight excluding hydrogens is 662 g/mol. The average Bonchev–Trinajstić information content (AvgIpc) is 4.05. The molecule has 2 saturated carbocycles. The lowest BCUT2D eigenvalue weighted by Crippen LogP contribution is -2.50. The Morgan fingerprint density at radius 2 is 1.86 bits per heavy atom. The van der Waals surface area contributed by atoms with Crippen LogP contribution >= 0.6 is 0 Å². The van der Waals surface area contributed by atoms with Gasteiger partial charge in [0.2, 0.25) is 16.4 Å². The highest BCUT2D eigenvalue weighted by atomic mass is 32.2. The van der Waals surface area contributed by atoms with E-state index in [1.54, 1.807) is 50.2 Å². The van der Waals surface area contributed by atoms with Crippen molar-refractivity contribution in [3.63, 3.8) is 0 Å². The largest absolute Gasteiger partial charge is 0.497 e. The summed E-state index contributed by atoms with van der Waals surface area (Å²) in [4.78, 5) is 56.2. The highest BCUT2D eigenvalue weighted by Gasteiger charge is 2.60. The van der Waals surface area contributed by atoms with Gasteiger partial charge in [0.15, 0.2) is 0 Å². The summed E-state index contributed by atoms with van der Waals surface area (Å²) in [6, 6.07) is 15.8. The maximum Gasteiger partial charge on any atom is 0.338 e. The van der Waals surface area contributed by atoms with Crippen molar-refractivity contribution in [3.05, 3.63) is 72.3 Å². The summed E-state index contributed by atoms with van der Waals surface area (Å²) in [5.41, 5.74) is 1.19. The van der Waals surface area contributed by atoms with Crippen LogP contribution in [0.1, 0.15) is 55.8 Å². The number of ether oxygens (including phenoxy) is 2. The Bertz CT molecular complexity index is 1860.